The molecule has 0 spiro atoms. The Bertz CT molecular complexity index is 522. The molecule has 0 saturated carbocycles. The minimum absolute atomic E-state index is 0.0147. The van der Waals surface area contributed by atoms with Crippen molar-refractivity contribution in [3.63, 3.8) is 0 Å². The second-order valence-corrected chi connectivity index (χ2v) is 4.00. The van der Waals surface area contributed by atoms with E-state index in [1.165, 1.54) is 12.4 Å². The molecule has 1 amide bonds. The van der Waals surface area contributed by atoms with Gasteiger partial charge in [-0.2, -0.15) is 10.2 Å². The second-order valence-electron chi connectivity index (χ2n) is 4.00. The molecule has 0 fully saturated rings. The lowest BCUT2D eigenvalue weighted by Gasteiger charge is -2.08. The van der Waals surface area contributed by atoms with Gasteiger partial charge < -0.3 is 11.1 Å². The number of amides is 1. The lowest BCUT2D eigenvalue weighted by atomic mass is 10.1. The average molecular weight is 242 g/mol. The summed E-state index contributed by atoms with van der Waals surface area (Å²) in [5, 5.41) is 10.1. The third kappa shape index (κ3) is 2.89. The first-order chi connectivity index (χ1) is 8.66. The fraction of sp³-hybridized carbons (Fsp3) is 0.154. The van der Waals surface area contributed by atoms with Crippen LogP contribution < -0.4 is 11.1 Å². The summed E-state index contributed by atoms with van der Waals surface area (Å²) in [6.45, 7) is 1.91. The molecule has 1 unspecified atom stereocenters. The van der Waals surface area contributed by atoms with Gasteiger partial charge in [0.25, 0.3) is 5.91 Å². The van der Waals surface area contributed by atoms with Crippen molar-refractivity contribution >= 4 is 11.6 Å². The maximum absolute atomic E-state index is 11.8. The molecule has 2 rings (SSSR count). The molecular formula is C13H14N4O. The second kappa shape index (κ2) is 5.37. The van der Waals surface area contributed by atoms with E-state index < -0.39 is 0 Å². The third-order valence-corrected chi connectivity index (χ3v) is 2.54. The molecule has 0 aliphatic carbocycles. The van der Waals surface area contributed by atoms with Gasteiger partial charge in [0, 0.05) is 11.7 Å². The number of nitrogens with two attached hydrogens (primary N) is 1. The van der Waals surface area contributed by atoms with Gasteiger partial charge in [-0.1, -0.05) is 12.1 Å². The zero-order chi connectivity index (χ0) is 13.0. The van der Waals surface area contributed by atoms with Crippen LogP contribution in [0.5, 0.6) is 0 Å². The van der Waals surface area contributed by atoms with Crippen LogP contribution in [0.3, 0.4) is 0 Å². The van der Waals surface area contributed by atoms with Crippen molar-refractivity contribution in [1.29, 1.82) is 0 Å². The van der Waals surface area contributed by atoms with Gasteiger partial charge in [-0.15, -0.1) is 0 Å². The Kier molecular flexibility index (Phi) is 3.64. The Morgan fingerprint density at radius 1 is 1.22 bits per heavy atom. The van der Waals surface area contributed by atoms with Crippen molar-refractivity contribution in [2.75, 3.05) is 5.32 Å². The van der Waals surface area contributed by atoms with E-state index in [1.54, 1.807) is 6.07 Å². The molecule has 5 nitrogen and oxygen atoms in total. The zero-order valence-electron chi connectivity index (χ0n) is 10.00. The largest absolute Gasteiger partial charge is 0.324 e. The van der Waals surface area contributed by atoms with Crippen molar-refractivity contribution in [2.24, 2.45) is 5.73 Å². The van der Waals surface area contributed by atoms with Gasteiger partial charge >= 0.3 is 0 Å². The summed E-state index contributed by atoms with van der Waals surface area (Å²) in [7, 11) is 0. The van der Waals surface area contributed by atoms with Crippen LogP contribution in [0.25, 0.3) is 0 Å². The fourth-order valence-electron chi connectivity index (χ4n) is 1.50. The van der Waals surface area contributed by atoms with Crippen LogP contribution >= 0.6 is 0 Å². The van der Waals surface area contributed by atoms with Crippen molar-refractivity contribution in [3.05, 3.63) is 53.9 Å². The van der Waals surface area contributed by atoms with E-state index in [4.69, 9.17) is 5.73 Å². The Morgan fingerprint density at radius 2 is 1.94 bits per heavy atom. The molecule has 0 aliphatic heterocycles. The molecule has 5 heteroatoms. The molecule has 18 heavy (non-hydrogen) atoms. The molecule has 1 aromatic heterocycles. The highest BCUT2D eigenvalue weighted by atomic mass is 16.1. The van der Waals surface area contributed by atoms with Crippen LogP contribution in [0.2, 0.25) is 0 Å². The number of anilines is 1. The van der Waals surface area contributed by atoms with Crippen molar-refractivity contribution in [3.8, 4) is 0 Å². The number of carbonyl (C=O) groups is 1. The number of carbonyl (C=O) groups excluding carboxylic acids is 1. The number of nitrogens with zero attached hydrogens (tertiary/aromatic N) is 2. The van der Waals surface area contributed by atoms with Gasteiger partial charge in [0.15, 0.2) is 0 Å². The molecular weight excluding hydrogens is 228 g/mol. The van der Waals surface area contributed by atoms with Crippen LogP contribution in [-0.2, 0) is 0 Å². The first-order valence-corrected chi connectivity index (χ1v) is 5.60. The standard InChI is InChI=1S/C13H14N4O/c1-9(14)10-2-4-12(5-3-10)17-13(18)11-6-7-15-16-8-11/h2-9H,14H2,1H3,(H,17,18). The number of aromatic nitrogens is 2. The maximum Gasteiger partial charge on any atom is 0.257 e. The summed E-state index contributed by atoms with van der Waals surface area (Å²) >= 11 is 0. The van der Waals surface area contributed by atoms with E-state index >= 15 is 0 Å². The highest BCUT2D eigenvalue weighted by Gasteiger charge is 2.06. The number of nitrogens with one attached hydrogen (secondary N) is 1. The Labute approximate surface area is 105 Å². The lowest BCUT2D eigenvalue weighted by Crippen LogP contribution is -2.12. The molecule has 2 aromatic rings. The maximum atomic E-state index is 11.8. The first kappa shape index (κ1) is 12.2. The van der Waals surface area contributed by atoms with E-state index in [1.807, 2.05) is 31.2 Å². The highest BCUT2D eigenvalue weighted by Crippen LogP contribution is 2.14. The fourth-order valence-corrected chi connectivity index (χ4v) is 1.50. The van der Waals surface area contributed by atoms with Crippen LogP contribution in [-0.4, -0.2) is 16.1 Å². The van der Waals surface area contributed by atoms with Crippen molar-refractivity contribution in [2.45, 2.75) is 13.0 Å². The minimum Gasteiger partial charge on any atom is -0.324 e. The summed E-state index contributed by atoms with van der Waals surface area (Å²) in [5.41, 5.74) is 7.98. The molecule has 1 aromatic carbocycles. The molecule has 0 bridgehead atoms. The van der Waals surface area contributed by atoms with Gasteiger partial charge in [-0.3, -0.25) is 4.79 Å². The molecule has 0 saturated heterocycles. The minimum atomic E-state index is -0.210. The molecule has 3 N–H and O–H groups in total. The molecule has 1 atom stereocenters. The SMILES string of the molecule is CC(N)c1ccc(NC(=O)c2ccnnc2)cc1. The normalized spacial score (nSPS) is 11.9. The van der Waals surface area contributed by atoms with Gasteiger partial charge in [-0.05, 0) is 30.7 Å². The Morgan fingerprint density at radius 3 is 2.50 bits per heavy atom. The molecule has 1 heterocycles. The average Bonchev–Trinajstić information content (AvgIpc) is 2.40. The van der Waals surface area contributed by atoms with Gasteiger partial charge in [0.05, 0.1) is 18.0 Å². The quantitative estimate of drug-likeness (QED) is 0.859. The predicted molar refractivity (Wildman–Crippen MR) is 69.0 cm³/mol. The monoisotopic (exact) mass is 242 g/mol. The first-order valence-electron chi connectivity index (χ1n) is 5.60. The number of rotatable bonds is 3. The van der Waals surface area contributed by atoms with Crippen LogP contribution in [0.15, 0.2) is 42.7 Å². The predicted octanol–water partition coefficient (Wildman–Crippen LogP) is 1.75. The highest BCUT2D eigenvalue weighted by molar-refractivity contribution is 6.03. The topological polar surface area (TPSA) is 80.9 Å². The summed E-state index contributed by atoms with van der Waals surface area (Å²) in [6.07, 6.45) is 2.90. The summed E-state index contributed by atoms with van der Waals surface area (Å²) in [4.78, 5) is 11.8. The summed E-state index contributed by atoms with van der Waals surface area (Å²) < 4.78 is 0. The Hall–Kier alpha value is -2.27. The number of benzene rings is 1. The van der Waals surface area contributed by atoms with Gasteiger partial charge in [-0.25, -0.2) is 0 Å². The van der Waals surface area contributed by atoms with Crippen molar-refractivity contribution < 1.29 is 4.79 Å². The zero-order valence-corrected chi connectivity index (χ0v) is 10.00. The van der Waals surface area contributed by atoms with E-state index in [0.29, 0.717) is 5.56 Å². The third-order valence-electron chi connectivity index (χ3n) is 2.54. The van der Waals surface area contributed by atoms with E-state index in [9.17, 15) is 4.79 Å². The smallest absolute Gasteiger partial charge is 0.257 e. The summed E-state index contributed by atoms with van der Waals surface area (Å²) in [5.74, 6) is -0.210. The molecule has 0 aliphatic rings. The van der Waals surface area contributed by atoms with Crippen LogP contribution in [0.4, 0.5) is 5.69 Å². The molecule has 0 radical (unpaired) electrons. The van der Waals surface area contributed by atoms with E-state index in [-0.39, 0.29) is 11.9 Å². The van der Waals surface area contributed by atoms with Crippen LogP contribution in [0, 0.1) is 0 Å². The summed E-state index contributed by atoms with van der Waals surface area (Å²) in [6, 6.07) is 9.03. The van der Waals surface area contributed by atoms with Gasteiger partial charge in [0.2, 0.25) is 0 Å². The van der Waals surface area contributed by atoms with E-state index in [0.717, 1.165) is 11.3 Å². The van der Waals surface area contributed by atoms with Crippen molar-refractivity contribution in [1.82, 2.24) is 10.2 Å². The van der Waals surface area contributed by atoms with Gasteiger partial charge in [0.1, 0.15) is 0 Å². The Balaban J connectivity index is 2.08. The number of hydrogen-bond acceptors (Lipinski definition) is 4. The molecule has 92 valence electrons. The van der Waals surface area contributed by atoms with Crippen LogP contribution in [0.1, 0.15) is 28.9 Å². The number of hydrogen-bond donors (Lipinski definition) is 2. The van der Waals surface area contributed by atoms with E-state index in [2.05, 4.69) is 15.5 Å². The lowest BCUT2D eigenvalue weighted by molar-refractivity contribution is 0.102.